The smallest absolute Gasteiger partial charge is 0.119 e. The Morgan fingerprint density at radius 3 is 2.39 bits per heavy atom. The lowest BCUT2D eigenvalue weighted by Gasteiger charge is -2.40. The van der Waals surface area contributed by atoms with Crippen molar-refractivity contribution in [3.8, 4) is 5.75 Å². The van der Waals surface area contributed by atoms with Gasteiger partial charge >= 0.3 is 0 Å². The molecule has 0 saturated heterocycles. The van der Waals surface area contributed by atoms with Gasteiger partial charge < -0.3 is 20.1 Å². The summed E-state index contributed by atoms with van der Waals surface area (Å²) in [6.45, 7) is 2.59. The third kappa shape index (κ3) is 4.66. The number of thioether (sulfide) groups is 1. The molecule has 152 valence electrons. The van der Waals surface area contributed by atoms with E-state index in [0.717, 1.165) is 22.4 Å². The van der Waals surface area contributed by atoms with Crippen molar-refractivity contribution in [2.75, 3.05) is 12.9 Å². The van der Waals surface area contributed by atoms with Crippen molar-refractivity contribution in [3.05, 3.63) is 64.2 Å². The topological polar surface area (TPSA) is 69.9 Å². The van der Waals surface area contributed by atoms with Crippen LogP contribution in [0.1, 0.15) is 36.0 Å². The van der Waals surface area contributed by atoms with Gasteiger partial charge in [-0.1, -0.05) is 35.9 Å². The van der Waals surface area contributed by atoms with E-state index in [1.165, 1.54) is 11.8 Å². The van der Waals surface area contributed by atoms with E-state index in [1.807, 2.05) is 55.6 Å². The molecule has 0 unspecified atom stereocenters. The Morgan fingerprint density at radius 1 is 1.04 bits per heavy atom. The first-order chi connectivity index (χ1) is 13.4. The first-order valence-electron chi connectivity index (χ1n) is 9.51. The molecule has 1 aliphatic rings. The SMILES string of the molecule is CCOc1ccc(Cc2cc([C@@H]3C[C@H](SC)[C@@H](O)[C@H](O)[C@H]3O)ccc2Cl)cc1. The quantitative estimate of drug-likeness (QED) is 0.663. The van der Waals surface area contributed by atoms with E-state index in [1.54, 1.807) is 0 Å². The van der Waals surface area contributed by atoms with E-state index in [0.29, 0.717) is 24.5 Å². The van der Waals surface area contributed by atoms with E-state index in [-0.39, 0.29) is 11.2 Å². The summed E-state index contributed by atoms with van der Waals surface area (Å²) in [4.78, 5) is 0. The van der Waals surface area contributed by atoms with Gasteiger partial charge in [0, 0.05) is 16.2 Å². The van der Waals surface area contributed by atoms with Crippen molar-refractivity contribution >= 4 is 23.4 Å². The van der Waals surface area contributed by atoms with Crippen LogP contribution < -0.4 is 4.74 Å². The summed E-state index contributed by atoms with van der Waals surface area (Å²) >= 11 is 7.94. The normalized spacial score (nSPS) is 27.6. The fourth-order valence-corrected chi connectivity index (χ4v) is 4.83. The molecule has 0 aromatic heterocycles. The van der Waals surface area contributed by atoms with Gasteiger partial charge in [0.25, 0.3) is 0 Å². The first-order valence-corrected chi connectivity index (χ1v) is 11.2. The largest absolute Gasteiger partial charge is 0.494 e. The molecule has 1 fully saturated rings. The standard InChI is InChI=1S/C22H27ClO4S/c1-3-27-16-7-4-13(5-8-16)10-15-11-14(6-9-18(15)23)17-12-19(28-2)21(25)22(26)20(17)24/h4-9,11,17,19-22,24-26H,3,10,12H2,1-2H3/t17-,19-,20-,21+,22+/m0/s1. The van der Waals surface area contributed by atoms with E-state index in [4.69, 9.17) is 16.3 Å². The predicted molar refractivity (Wildman–Crippen MR) is 115 cm³/mol. The number of hydrogen-bond acceptors (Lipinski definition) is 5. The van der Waals surface area contributed by atoms with Gasteiger partial charge in [-0.2, -0.15) is 11.8 Å². The van der Waals surface area contributed by atoms with E-state index in [2.05, 4.69) is 0 Å². The average Bonchev–Trinajstić information content (AvgIpc) is 2.70. The molecule has 2 aromatic carbocycles. The van der Waals surface area contributed by atoms with Crippen LogP contribution in [-0.2, 0) is 6.42 Å². The van der Waals surface area contributed by atoms with Crippen LogP contribution in [0, 0.1) is 0 Å². The molecule has 3 N–H and O–H groups in total. The van der Waals surface area contributed by atoms with Crippen LogP contribution >= 0.6 is 23.4 Å². The van der Waals surface area contributed by atoms with Crippen LogP contribution in [0.4, 0.5) is 0 Å². The molecule has 28 heavy (non-hydrogen) atoms. The molecule has 0 amide bonds. The minimum absolute atomic E-state index is 0.117. The Bertz CT molecular complexity index is 781. The van der Waals surface area contributed by atoms with Crippen molar-refractivity contribution in [1.29, 1.82) is 0 Å². The minimum Gasteiger partial charge on any atom is -0.494 e. The summed E-state index contributed by atoms with van der Waals surface area (Å²) in [5.41, 5.74) is 3.02. The lowest BCUT2D eigenvalue weighted by Crippen LogP contribution is -2.51. The Labute approximate surface area is 175 Å². The summed E-state index contributed by atoms with van der Waals surface area (Å²) in [6, 6.07) is 13.7. The second-order valence-electron chi connectivity index (χ2n) is 7.19. The van der Waals surface area contributed by atoms with E-state index >= 15 is 0 Å². The molecule has 0 spiro atoms. The van der Waals surface area contributed by atoms with Gasteiger partial charge in [-0.05, 0) is 60.9 Å². The van der Waals surface area contributed by atoms with Crippen LogP contribution in [0.15, 0.2) is 42.5 Å². The Morgan fingerprint density at radius 2 is 1.75 bits per heavy atom. The zero-order valence-electron chi connectivity index (χ0n) is 16.1. The summed E-state index contributed by atoms with van der Waals surface area (Å²) in [5, 5.41) is 31.5. The zero-order chi connectivity index (χ0) is 20.3. The van der Waals surface area contributed by atoms with Gasteiger partial charge in [0.05, 0.1) is 18.8 Å². The highest BCUT2D eigenvalue weighted by atomic mass is 35.5. The van der Waals surface area contributed by atoms with Crippen LogP contribution in [0.25, 0.3) is 0 Å². The number of aliphatic hydroxyl groups excluding tert-OH is 3. The second kappa shape index (κ2) is 9.51. The Balaban J connectivity index is 1.82. The molecular weight excluding hydrogens is 396 g/mol. The minimum atomic E-state index is -1.15. The first kappa shape index (κ1) is 21.5. The fraction of sp³-hybridized carbons (Fsp3) is 0.455. The lowest BCUT2D eigenvalue weighted by molar-refractivity contribution is -0.0909. The molecule has 0 aliphatic heterocycles. The van der Waals surface area contributed by atoms with Gasteiger partial charge in [0.15, 0.2) is 0 Å². The van der Waals surface area contributed by atoms with Gasteiger partial charge in [-0.3, -0.25) is 0 Å². The van der Waals surface area contributed by atoms with Crippen LogP contribution in [0.5, 0.6) is 5.75 Å². The third-order valence-electron chi connectivity index (χ3n) is 5.41. The van der Waals surface area contributed by atoms with Crippen LogP contribution in [0.3, 0.4) is 0 Å². The maximum Gasteiger partial charge on any atom is 0.119 e. The molecule has 1 saturated carbocycles. The van der Waals surface area contributed by atoms with Crippen molar-refractivity contribution in [2.45, 2.75) is 49.2 Å². The van der Waals surface area contributed by atoms with Gasteiger partial charge in [-0.15, -0.1) is 0 Å². The molecular formula is C22H27ClO4S. The highest BCUT2D eigenvalue weighted by Gasteiger charge is 2.42. The summed E-state index contributed by atoms with van der Waals surface area (Å²) in [6.07, 6.45) is 0.106. The molecule has 0 heterocycles. The predicted octanol–water partition coefficient (Wildman–Crippen LogP) is 3.63. The van der Waals surface area contributed by atoms with Gasteiger partial charge in [0.1, 0.15) is 11.9 Å². The molecule has 5 atom stereocenters. The second-order valence-corrected chi connectivity index (χ2v) is 8.68. The lowest BCUT2D eigenvalue weighted by atomic mass is 9.78. The highest BCUT2D eigenvalue weighted by molar-refractivity contribution is 7.99. The van der Waals surface area contributed by atoms with Crippen molar-refractivity contribution < 1.29 is 20.1 Å². The van der Waals surface area contributed by atoms with Gasteiger partial charge in [-0.25, -0.2) is 0 Å². The molecule has 0 bridgehead atoms. The van der Waals surface area contributed by atoms with Gasteiger partial charge in [0.2, 0.25) is 0 Å². The van der Waals surface area contributed by atoms with Crippen LogP contribution in [-0.4, -0.2) is 51.7 Å². The average molecular weight is 423 g/mol. The van der Waals surface area contributed by atoms with Crippen molar-refractivity contribution in [1.82, 2.24) is 0 Å². The zero-order valence-corrected chi connectivity index (χ0v) is 17.7. The molecule has 0 radical (unpaired) electrons. The Hall–Kier alpha value is -1.24. The summed E-state index contributed by atoms with van der Waals surface area (Å²) in [7, 11) is 0. The van der Waals surface area contributed by atoms with E-state index < -0.39 is 18.3 Å². The maximum atomic E-state index is 10.5. The molecule has 6 heteroatoms. The molecule has 4 nitrogen and oxygen atoms in total. The number of halogens is 1. The summed E-state index contributed by atoms with van der Waals surface area (Å²) in [5.74, 6) is 0.597. The number of rotatable bonds is 6. The highest BCUT2D eigenvalue weighted by Crippen LogP contribution is 2.39. The maximum absolute atomic E-state index is 10.5. The molecule has 2 aromatic rings. The van der Waals surface area contributed by atoms with Crippen molar-refractivity contribution in [2.24, 2.45) is 0 Å². The number of benzene rings is 2. The number of hydrogen-bond donors (Lipinski definition) is 3. The monoisotopic (exact) mass is 422 g/mol. The third-order valence-corrected chi connectivity index (χ3v) is 6.85. The van der Waals surface area contributed by atoms with Crippen molar-refractivity contribution in [3.63, 3.8) is 0 Å². The number of ether oxygens (including phenoxy) is 1. The van der Waals surface area contributed by atoms with E-state index in [9.17, 15) is 15.3 Å². The van der Waals surface area contributed by atoms with Crippen LogP contribution in [0.2, 0.25) is 5.02 Å². The molecule has 1 aliphatic carbocycles. The Kier molecular flexibility index (Phi) is 7.29. The fourth-order valence-electron chi connectivity index (χ4n) is 3.81. The number of aliphatic hydroxyl groups is 3. The molecule has 3 rings (SSSR count). The summed E-state index contributed by atoms with van der Waals surface area (Å²) < 4.78 is 5.48.